The molecule has 0 radical (unpaired) electrons. The summed E-state index contributed by atoms with van der Waals surface area (Å²) in [5.41, 5.74) is 7.30. The molecule has 9 atom stereocenters. The highest BCUT2D eigenvalue weighted by Gasteiger charge is 2.43. The number of carbonyl (C=O) groups is 14. The number of nitrogens with two attached hydrogens (primary N) is 1. The maximum absolute atomic E-state index is 14.7. The predicted octanol–water partition coefficient (Wildman–Crippen LogP) is 1.39. The molecule has 1 aliphatic carbocycles. The number of phenolic OH excluding ortho intramolecular Hbond substituents is 1. The number of carboxylic acids is 4. The molecule has 3 saturated heterocycles. The van der Waals surface area contributed by atoms with Crippen LogP contribution in [0.2, 0.25) is 0 Å². The summed E-state index contributed by atoms with van der Waals surface area (Å²) >= 11 is 5.59. The molecule has 4 aliphatic heterocycles. The van der Waals surface area contributed by atoms with Gasteiger partial charge in [-0.3, -0.25) is 67.1 Å². The second kappa shape index (κ2) is 39.6. The topological polar surface area (TPSA) is 532 Å². The second-order valence-corrected chi connectivity index (χ2v) is 27.8. The smallest absolute Gasteiger partial charge is 0.336 e. The lowest BCUT2D eigenvalue weighted by Gasteiger charge is -2.32. The zero-order chi connectivity index (χ0) is 81.8. The van der Waals surface area contributed by atoms with Crippen LogP contribution in [0.15, 0.2) is 82.0 Å². The molecule has 15 N–H and O–H groups in total. The van der Waals surface area contributed by atoms with Gasteiger partial charge in [-0.1, -0.05) is 6.07 Å². The molecule has 10 amide bonds. The molecular weight excluding hydrogens is 1480 g/mol. The van der Waals surface area contributed by atoms with E-state index in [1.807, 2.05) is 0 Å². The van der Waals surface area contributed by atoms with Crippen molar-refractivity contribution in [2.45, 2.75) is 171 Å². The van der Waals surface area contributed by atoms with Crippen LogP contribution in [-0.2, 0) is 68.7 Å². The van der Waals surface area contributed by atoms with Gasteiger partial charge in [0.1, 0.15) is 65.4 Å². The Labute approximate surface area is 646 Å². The normalized spacial score (nSPS) is 16.8. The lowest BCUT2D eigenvalue weighted by Crippen LogP contribution is -2.60. The number of nitrogens with zero attached hydrogens (tertiary/aromatic N) is 4. The maximum Gasteiger partial charge on any atom is 0.336 e. The number of aromatic carboxylic acids is 1. The minimum absolute atomic E-state index is 0.000284. The van der Waals surface area contributed by atoms with Crippen LogP contribution in [0.4, 0.5) is 5.69 Å². The summed E-state index contributed by atoms with van der Waals surface area (Å²) in [6.07, 6.45) is -2.82. The molecule has 36 nitrogen and oxygen atoms in total. The summed E-state index contributed by atoms with van der Waals surface area (Å²) < 4.78 is 16.8. The monoisotopic (exact) mass is 1580 g/mol. The highest BCUT2D eigenvalue weighted by Crippen LogP contribution is 2.43. The Bertz CT molecular complexity index is 4440. The Morgan fingerprint density at radius 1 is 0.625 bits per heavy atom. The van der Waals surface area contributed by atoms with Crippen LogP contribution in [0.25, 0.3) is 33.4 Å². The standard InChI is InChI=1S/C75H92N12O24S/c1-39(72(105)84(33-28-41-14-24-55(109-3)58(34-41)110-4)38-60(92)86-31-8-11-53(86)68(101)81-50(22-26-62(95)96)67(100)80-49(66(76)99)21-25-61(93)94)78-71(104)65(40(2)88)83-70(103)54-12-9-32-87(54)73(106)51(23-27-63(97)98)82-69(102)52-10-7-30-85(52)59(91)13-5-6-29-77-75(112)79-42-15-18-45(74(107)108)48(35-42)64-46-19-16-43(89)36-56(46)111-57-37-44(90)17-20-47(57)64/h14-20,24,34-37,39-40,49-54,65,88-89H,5-13,21-23,25-33,38H2,1-4H3,(H2,76,99)(H,78,104)(H,80,100)(H,81,101)(H,82,102)(H,83,103)(H,93,94)(H,95,96)(H,97,98)(H,107,108)(H2,77,79,112)/t39-,40-,49-,50-,51-,52-,53-,54-,65-/m1/s1. The third-order valence-corrected chi connectivity index (χ3v) is 19.8. The van der Waals surface area contributed by atoms with Crippen molar-refractivity contribution >= 4 is 117 Å². The Morgan fingerprint density at radius 2 is 1.21 bits per heavy atom. The lowest BCUT2D eigenvalue weighted by atomic mass is 9.90. The van der Waals surface area contributed by atoms with Crippen LogP contribution < -0.4 is 57.9 Å². The summed E-state index contributed by atoms with van der Waals surface area (Å²) in [4.78, 5) is 204. The minimum atomic E-state index is -1.79. The molecule has 3 aromatic carbocycles. The number of benzene rings is 4. The molecule has 4 heterocycles. The van der Waals surface area contributed by atoms with Crippen molar-refractivity contribution < 1.29 is 112 Å². The number of anilines is 1. The largest absolute Gasteiger partial charge is 0.508 e. The van der Waals surface area contributed by atoms with E-state index in [4.69, 9.17) is 36.9 Å². The number of ether oxygens (including phenoxy) is 2. The highest BCUT2D eigenvalue weighted by molar-refractivity contribution is 7.80. The first-order chi connectivity index (χ1) is 53.3. The van der Waals surface area contributed by atoms with Gasteiger partial charge in [0.05, 0.1) is 32.4 Å². The number of methoxy groups -OCH3 is 2. The Hall–Kier alpha value is -12.0. The number of aliphatic hydroxyl groups is 1. The number of aromatic hydroxyl groups is 1. The maximum atomic E-state index is 14.7. The van der Waals surface area contributed by atoms with E-state index in [1.54, 1.807) is 30.3 Å². The lowest BCUT2D eigenvalue weighted by molar-refractivity contribution is -0.146. The number of carboxylic acid groups (broad SMARTS) is 4. The van der Waals surface area contributed by atoms with E-state index in [9.17, 15) is 97.5 Å². The van der Waals surface area contributed by atoms with Gasteiger partial charge in [-0.05, 0) is 169 Å². The van der Waals surface area contributed by atoms with Crippen LogP contribution in [0.1, 0.15) is 126 Å². The van der Waals surface area contributed by atoms with E-state index in [1.165, 1.54) is 75.4 Å². The van der Waals surface area contributed by atoms with Crippen molar-refractivity contribution in [3.8, 4) is 39.7 Å². The molecule has 37 heteroatoms. The van der Waals surface area contributed by atoms with Crippen LogP contribution in [0, 0.1) is 0 Å². The number of carbonyl (C=O) groups excluding carboxylic acids is 10. The first kappa shape index (κ1) is 85.6. The van der Waals surface area contributed by atoms with E-state index >= 15 is 0 Å². The molecule has 0 bridgehead atoms. The van der Waals surface area contributed by atoms with Gasteiger partial charge in [0.2, 0.25) is 59.1 Å². The van der Waals surface area contributed by atoms with Gasteiger partial charge in [0.15, 0.2) is 22.0 Å². The number of primary amides is 1. The number of hydrogen-bond acceptors (Lipinski definition) is 21. The number of unbranched alkanes of at least 4 members (excludes halogenated alkanes) is 1. The van der Waals surface area contributed by atoms with Crippen molar-refractivity contribution in [3.05, 3.63) is 94.1 Å². The molecule has 0 unspecified atom stereocenters. The number of rotatable bonds is 38. The predicted molar refractivity (Wildman–Crippen MR) is 402 cm³/mol. The number of nitrogens with one attached hydrogen (secondary N) is 7. The molecule has 5 aliphatic rings. The van der Waals surface area contributed by atoms with Crippen LogP contribution >= 0.6 is 12.2 Å². The molecule has 0 saturated carbocycles. The van der Waals surface area contributed by atoms with Crippen molar-refractivity contribution in [1.29, 1.82) is 0 Å². The van der Waals surface area contributed by atoms with E-state index in [0.29, 0.717) is 58.5 Å². The van der Waals surface area contributed by atoms with Crippen molar-refractivity contribution in [2.75, 3.05) is 58.8 Å². The number of likely N-dealkylation sites (tertiary alicyclic amines) is 3. The molecular formula is C75H92N12O24S. The fraction of sp³-hybridized carbons (Fsp3) is 0.467. The fourth-order valence-electron chi connectivity index (χ4n) is 13.8. The third kappa shape index (κ3) is 22.6. The van der Waals surface area contributed by atoms with Gasteiger partial charge >= 0.3 is 23.9 Å². The second-order valence-electron chi connectivity index (χ2n) is 27.4. The number of phenols is 1. The van der Waals surface area contributed by atoms with E-state index < -0.39 is 177 Å². The number of hydrogen-bond donors (Lipinski definition) is 14. The van der Waals surface area contributed by atoms with Gasteiger partial charge in [0.25, 0.3) is 0 Å². The molecule has 8 rings (SSSR count). The van der Waals surface area contributed by atoms with Crippen LogP contribution in [-0.4, -0.2) is 246 Å². The number of amides is 10. The number of thiocarbonyl (C=S) groups is 1. The fourth-order valence-corrected chi connectivity index (χ4v) is 14.0. The number of aliphatic hydroxyl groups excluding tert-OH is 1. The van der Waals surface area contributed by atoms with E-state index in [0.717, 1.165) is 14.7 Å². The molecule has 3 fully saturated rings. The van der Waals surface area contributed by atoms with Crippen molar-refractivity contribution in [1.82, 2.24) is 51.5 Å². The molecule has 3 aromatic rings. The van der Waals surface area contributed by atoms with Gasteiger partial charge in [0, 0.05) is 92.7 Å². The molecule has 112 heavy (non-hydrogen) atoms. The summed E-state index contributed by atoms with van der Waals surface area (Å²) in [6.45, 7) is 1.94. The van der Waals surface area contributed by atoms with Crippen molar-refractivity contribution in [2.24, 2.45) is 5.73 Å². The number of aliphatic carboxylic acids is 3. The molecule has 0 spiro atoms. The minimum Gasteiger partial charge on any atom is -0.508 e. The van der Waals surface area contributed by atoms with Crippen LogP contribution in [0.5, 0.6) is 17.2 Å². The first-order valence-electron chi connectivity index (χ1n) is 36.4. The quantitative estimate of drug-likeness (QED) is 0.0151. The van der Waals surface area contributed by atoms with E-state index in [2.05, 4.69) is 37.2 Å². The van der Waals surface area contributed by atoms with Crippen LogP contribution in [0.3, 0.4) is 0 Å². The molecule has 602 valence electrons. The van der Waals surface area contributed by atoms with Gasteiger partial charge in [-0.15, -0.1) is 0 Å². The average molecular weight is 1580 g/mol. The Kier molecular flexibility index (Phi) is 30.2. The summed E-state index contributed by atoms with van der Waals surface area (Å²) in [7, 11) is 2.84. The van der Waals surface area contributed by atoms with Gasteiger partial charge in [-0.25, -0.2) is 4.79 Å². The third-order valence-electron chi connectivity index (χ3n) is 19.5. The average Bonchev–Trinajstić information content (AvgIpc) is 1.08. The van der Waals surface area contributed by atoms with Crippen molar-refractivity contribution in [3.63, 3.8) is 0 Å². The van der Waals surface area contributed by atoms with Gasteiger partial charge in [-0.2, -0.15) is 0 Å². The summed E-state index contributed by atoms with van der Waals surface area (Å²) in [5, 5.41) is 79.1. The highest BCUT2D eigenvalue weighted by atomic mass is 32.1. The summed E-state index contributed by atoms with van der Waals surface area (Å²) in [5.74, 6) is -13.1. The Balaban J connectivity index is 0.872. The summed E-state index contributed by atoms with van der Waals surface area (Å²) in [6, 6.07) is 6.32. The zero-order valence-corrected chi connectivity index (χ0v) is 62.8. The van der Waals surface area contributed by atoms with Gasteiger partial charge < -0.3 is 107 Å². The molecule has 0 aromatic heterocycles. The Morgan fingerprint density at radius 3 is 1.82 bits per heavy atom. The number of fused-ring (bicyclic) bond motifs is 2. The zero-order valence-electron chi connectivity index (χ0n) is 62.0. The first-order valence-corrected chi connectivity index (χ1v) is 36.8. The van der Waals surface area contributed by atoms with E-state index in [-0.39, 0.29) is 122 Å². The SMILES string of the molecule is COc1ccc(CCN(CC(=O)N2CCC[C@@H]2C(=O)N[C@H](CCC(=O)O)C(=O)N[C@H](CCC(=O)O)C(N)=O)C(=O)[C@@H](C)NC(=O)[C@H](NC(=O)[C@H]2CCCN2C(=O)[C@@H](CCC(=O)O)NC(=O)[C@H]2CCCN2C(=O)CCCCNC(=S)Nc2ccc(C(=O)O)c(-c3c4ccc(=O)cc-4oc4cc(O)ccc34)c2)[C@@H](C)O)cc1OC.